The number of carbonyl (C=O) groups is 1. The van der Waals surface area contributed by atoms with Crippen LogP contribution in [0.1, 0.15) is 69.8 Å². The molecule has 1 aromatic rings. The van der Waals surface area contributed by atoms with Crippen LogP contribution < -0.4 is 11.1 Å². The van der Waals surface area contributed by atoms with E-state index in [0.29, 0.717) is 30.9 Å². The molecule has 1 saturated heterocycles. The van der Waals surface area contributed by atoms with Crippen LogP contribution in [0.3, 0.4) is 0 Å². The summed E-state index contributed by atoms with van der Waals surface area (Å²) in [6, 6.07) is 7.41. The summed E-state index contributed by atoms with van der Waals surface area (Å²) in [6.07, 6.45) is 10.5. The summed E-state index contributed by atoms with van der Waals surface area (Å²) in [5.41, 5.74) is 6.14. The third-order valence-corrected chi connectivity index (χ3v) is 7.82. The molecule has 3 aliphatic rings. The summed E-state index contributed by atoms with van der Waals surface area (Å²) in [5, 5.41) is 2.74. The highest BCUT2D eigenvalue weighted by atomic mass is 19.1. The Bertz CT molecular complexity index is 857. The topological polar surface area (TPSA) is 85.9 Å². The standard InChI is InChI=1S/C25H37BFN3O3/c26-24(12-6-4-2-1-3-5-7-13-24)22(31)29-19-10-8-9-18(15-19)25(17-27)20-16-32-14-11-21(20)33-23(28)30-25/h8-10,15,20-21H,1-7,11-14,16-17,26H2,(H2,28,30)(H,29,31)/t20-,21+,25+/m0/s1. The van der Waals surface area contributed by atoms with E-state index >= 15 is 0 Å². The van der Waals surface area contributed by atoms with Gasteiger partial charge in [0.2, 0.25) is 5.91 Å². The number of hydrogen-bond acceptors (Lipinski definition) is 5. The molecule has 2 heterocycles. The van der Waals surface area contributed by atoms with Crippen LogP contribution in [-0.4, -0.2) is 45.8 Å². The van der Waals surface area contributed by atoms with E-state index < -0.39 is 17.5 Å². The Labute approximate surface area is 197 Å². The number of amides is 1. The van der Waals surface area contributed by atoms with Crippen LogP contribution in [-0.2, 0) is 19.8 Å². The zero-order chi connectivity index (χ0) is 23.3. The number of halogens is 1. The van der Waals surface area contributed by atoms with Crippen molar-refractivity contribution in [1.82, 2.24) is 0 Å². The van der Waals surface area contributed by atoms with Crippen LogP contribution in [0.4, 0.5) is 10.1 Å². The number of nitrogens with one attached hydrogen (secondary N) is 1. The van der Waals surface area contributed by atoms with Gasteiger partial charge in [0.1, 0.15) is 26.2 Å². The number of nitrogens with zero attached hydrogens (tertiary/aromatic N) is 1. The van der Waals surface area contributed by atoms with E-state index in [1.165, 1.54) is 32.1 Å². The summed E-state index contributed by atoms with van der Waals surface area (Å²) in [4.78, 5) is 17.9. The molecule has 8 heteroatoms. The van der Waals surface area contributed by atoms with Crippen molar-refractivity contribution in [1.29, 1.82) is 0 Å². The number of nitrogens with two attached hydrogens (primary N) is 1. The highest BCUT2D eigenvalue weighted by Crippen LogP contribution is 2.44. The quantitative estimate of drug-likeness (QED) is 0.673. The number of hydrogen-bond donors (Lipinski definition) is 2. The molecule has 33 heavy (non-hydrogen) atoms. The summed E-state index contributed by atoms with van der Waals surface area (Å²) in [5.74, 6) is -0.228. The largest absolute Gasteiger partial charge is 0.462 e. The summed E-state index contributed by atoms with van der Waals surface area (Å²) < 4.78 is 26.1. The van der Waals surface area contributed by atoms with E-state index in [9.17, 15) is 9.18 Å². The molecule has 0 radical (unpaired) electrons. The van der Waals surface area contributed by atoms with E-state index in [4.69, 9.17) is 15.2 Å². The van der Waals surface area contributed by atoms with E-state index in [1.54, 1.807) is 0 Å². The molecule has 3 atom stereocenters. The SMILES string of the molecule is BC1(C(=O)Nc2cccc([C@@]3(CF)N=C(N)O[C@@H]4CCOC[C@@H]43)c2)CCCCCCCCC1. The number of carbonyl (C=O) groups excluding carboxylic acids is 1. The zero-order valence-corrected chi connectivity index (χ0v) is 19.8. The van der Waals surface area contributed by atoms with E-state index in [0.717, 1.165) is 25.7 Å². The number of ether oxygens (including phenoxy) is 2. The average molecular weight is 457 g/mol. The molecule has 6 nitrogen and oxygen atoms in total. The van der Waals surface area contributed by atoms with Gasteiger partial charge in [0, 0.05) is 17.4 Å². The number of alkyl halides is 1. The molecule has 0 aromatic heterocycles. The molecule has 2 aliphatic heterocycles. The molecule has 180 valence electrons. The number of amidine groups is 1. The van der Waals surface area contributed by atoms with Gasteiger partial charge in [-0.2, -0.15) is 0 Å². The number of rotatable bonds is 4. The molecular weight excluding hydrogens is 420 g/mol. The fourth-order valence-corrected chi connectivity index (χ4v) is 5.66. The number of aliphatic imine (C=N–C) groups is 1. The Hall–Kier alpha value is -2.09. The first kappa shape index (κ1) is 24.1. The summed E-state index contributed by atoms with van der Waals surface area (Å²) >= 11 is 0. The van der Waals surface area contributed by atoms with Crippen LogP contribution in [0.25, 0.3) is 0 Å². The molecule has 3 N–H and O–H groups in total. The number of fused-ring (bicyclic) bond motifs is 1. The lowest BCUT2D eigenvalue weighted by Gasteiger charge is -2.45. The second kappa shape index (κ2) is 10.5. The third kappa shape index (κ3) is 5.21. The van der Waals surface area contributed by atoms with Crippen LogP contribution in [0, 0.1) is 5.92 Å². The number of benzene rings is 1. The normalized spacial score (nSPS) is 30.3. The maximum Gasteiger partial charge on any atom is 0.283 e. The van der Waals surface area contributed by atoms with Crippen molar-refractivity contribution < 1.29 is 18.7 Å². The van der Waals surface area contributed by atoms with Crippen LogP contribution in [0.2, 0.25) is 5.31 Å². The van der Waals surface area contributed by atoms with Gasteiger partial charge in [0.05, 0.1) is 19.1 Å². The van der Waals surface area contributed by atoms with Gasteiger partial charge in [-0.15, -0.1) is 0 Å². The van der Waals surface area contributed by atoms with Crippen molar-refractivity contribution in [3.05, 3.63) is 29.8 Å². The molecule has 0 bridgehead atoms. The lowest BCUT2D eigenvalue weighted by Crippen LogP contribution is -2.54. The van der Waals surface area contributed by atoms with Crippen molar-refractivity contribution in [2.24, 2.45) is 16.6 Å². The maximum absolute atomic E-state index is 14.7. The zero-order valence-electron chi connectivity index (χ0n) is 19.8. The Morgan fingerprint density at radius 1 is 1.18 bits per heavy atom. The molecule has 1 saturated carbocycles. The molecule has 1 amide bonds. The van der Waals surface area contributed by atoms with Crippen molar-refractivity contribution in [2.75, 3.05) is 25.2 Å². The Kier molecular flexibility index (Phi) is 7.62. The highest BCUT2D eigenvalue weighted by Gasteiger charge is 2.50. The average Bonchev–Trinajstić information content (AvgIpc) is 2.82. The van der Waals surface area contributed by atoms with Crippen molar-refractivity contribution in [3.8, 4) is 0 Å². The highest BCUT2D eigenvalue weighted by molar-refractivity contribution is 6.30. The minimum Gasteiger partial charge on any atom is -0.462 e. The van der Waals surface area contributed by atoms with Crippen molar-refractivity contribution in [2.45, 2.75) is 81.2 Å². The second-order valence-corrected chi connectivity index (χ2v) is 10.2. The molecule has 1 aliphatic carbocycles. The van der Waals surface area contributed by atoms with E-state index in [1.807, 2.05) is 24.3 Å². The van der Waals surface area contributed by atoms with E-state index in [-0.39, 0.29) is 24.0 Å². The first-order valence-electron chi connectivity index (χ1n) is 12.5. The minimum atomic E-state index is -1.17. The molecule has 0 spiro atoms. The van der Waals surface area contributed by atoms with Gasteiger partial charge in [-0.1, -0.05) is 57.1 Å². The Morgan fingerprint density at radius 2 is 1.88 bits per heavy atom. The Balaban J connectivity index is 1.56. The van der Waals surface area contributed by atoms with E-state index in [2.05, 4.69) is 18.2 Å². The Morgan fingerprint density at radius 3 is 2.58 bits per heavy atom. The first-order valence-corrected chi connectivity index (χ1v) is 12.5. The summed E-state index contributed by atoms with van der Waals surface area (Å²) in [6.45, 7) is 0.211. The molecule has 2 fully saturated rings. The monoisotopic (exact) mass is 457 g/mol. The maximum atomic E-state index is 14.7. The minimum absolute atomic E-state index is 0.0132. The van der Waals surface area contributed by atoms with Crippen LogP contribution in [0.15, 0.2) is 29.3 Å². The fourth-order valence-electron chi connectivity index (χ4n) is 5.66. The van der Waals surface area contributed by atoms with Crippen molar-refractivity contribution in [3.63, 3.8) is 0 Å². The van der Waals surface area contributed by atoms with Gasteiger partial charge in [0.15, 0.2) is 0 Å². The third-order valence-electron chi connectivity index (χ3n) is 7.82. The van der Waals surface area contributed by atoms with Crippen LogP contribution in [0.5, 0.6) is 0 Å². The van der Waals surface area contributed by atoms with Gasteiger partial charge < -0.3 is 20.5 Å². The first-order chi connectivity index (χ1) is 16.0. The molecule has 1 aromatic carbocycles. The van der Waals surface area contributed by atoms with Crippen LogP contribution >= 0.6 is 0 Å². The summed E-state index contributed by atoms with van der Waals surface area (Å²) in [7, 11) is 2.09. The fraction of sp³-hybridized carbons (Fsp3) is 0.680. The van der Waals surface area contributed by atoms with Gasteiger partial charge in [-0.25, -0.2) is 9.38 Å². The van der Waals surface area contributed by atoms with Gasteiger partial charge in [0.25, 0.3) is 6.02 Å². The van der Waals surface area contributed by atoms with Crippen molar-refractivity contribution >= 4 is 25.5 Å². The number of anilines is 1. The molecule has 4 rings (SSSR count). The van der Waals surface area contributed by atoms with Gasteiger partial charge in [-0.3, -0.25) is 4.79 Å². The lowest BCUT2D eigenvalue weighted by molar-refractivity contribution is -0.119. The predicted molar refractivity (Wildman–Crippen MR) is 131 cm³/mol. The van der Waals surface area contributed by atoms with Gasteiger partial charge in [-0.05, 0) is 30.5 Å². The second-order valence-electron chi connectivity index (χ2n) is 10.2. The molecule has 0 unspecified atom stereocenters. The molecular formula is C25H37BFN3O3. The predicted octanol–water partition coefficient (Wildman–Crippen LogP) is 3.86. The smallest absolute Gasteiger partial charge is 0.283 e. The van der Waals surface area contributed by atoms with Gasteiger partial charge >= 0.3 is 0 Å². The lowest BCUT2D eigenvalue weighted by atomic mass is 9.61.